The first-order valence-electron chi connectivity index (χ1n) is 9.63. The summed E-state index contributed by atoms with van der Waals surface area (Å²) < 4.78 is 5.14. The number of para-hydroxylation sites is 1. The summed E-state index contributed by atoms with van der Waals surface area (Å²) in [5, 5.41) is 6.89. The molecule has 1 amide bonds. The Morgan fingerprint density at radius 1 is 1.30 bits per heavy atom. The number of hydrogen-bond donors (Lipinski definition) is 2. The van der Waals surface area contributed by atoms with Crippen LogP contribution in [0.3, 0.4) is 0 Å². The molecule has 0 radical (unpaired) electrons. The summed E-state index contributed by atoms with van der Waals surface area (Å²) in [5.41, 5.74) is 2.98. The average molecular weight is 439 g/mol. The lowest BCUT2D eigenvalue weighted by atomic mass is 10.1. The summed E-state index contributed by atoms with van der Waals surface area (Å²) in [5.74, 6) is -0.898. The van der Waals surface area contributed by atoms with Crippen molar-refractivity contribution < 1.29 is 14.3 Å². The zero-order chi connectivity index (χ0) is 20.7. The largest absolute Gasteiger partial charge is 0.465 e. The van der Waals surface area contributed by atoms with Gasteiger partial charge in [0.05, 0.1) is 18.0 Å². The van der Waals surface area contributed by atoms with Crippen molar-refractivity contribution in [2.45, 2.75) is 25.7 Å². The van der Waals surface area contributed by atoms with E-state index in [2.05, 4.69) is 20.3 Å². The van der Waals surface area contributed by atoms with Gasteiger partial charge in [-0.25, -0.2) is 9.97 Å². The number of hydrogen-bond acceptors (Lipinski definition) is 7. The molecule has 152 valence electrons. The van der Waals surface area contributed by atoms with Crippen molar-refractivity contribution in [3.05, 3.63) is 52.0 Å². The number of fused-ring (bicyclic) bond motifs is 2. The lowest BCUT2D eigenvalue weighted by Gasteiger charge is -2.07. The van der Waals surface area contributed by atoms with E-state index in [0.717, 1.165) is 38.6 Å². The Hall–Kier alpha value is -3.04. The molecule has 1 aliphatic carbocycles. The Balaban J connectivity index is 1.32. The molecular formula is C21H18N4O3S2. The molecule has 1 aromatic carbocycles. The number of anilines is 1. The summed E-state index contributed by atoms with van der Waals surface area (Å²) >= 11 is 2.82. The average Bonchev–Trinajstić information content (AvgIpc) is 3.49. The molecule has 1 atom stereocenters. The number of amides is 1. The van der Waals surface area contributed by atoms with Crippen molar-refractivity contribution in [1.82, 2.24) is 15.0 Å². The van der Waals surface area contributed by atoms with Crippen molar-refractivity contribution in [2.24, 2.45) is 0 Å². The van der Waals surface area contributed by atoms with Crippen LogP contribution in [0, 0.1) is 0 Å². The Morgan fingerprint density at radius 3 is 3.00 bits per heavy atom. The minimum Gasteiger partial charge on any atom is -0.465 e. The van der Waals surface area contributed by atoms with Crippen LogP contribution in [0.25, 0.3) is 21.6 Å². The van der Waals surface area contributed by atoms with Crippen LogP contribution in [-0.2, 0) is 16.0 Å². The van der Waals surface area contributed by atoms with Gasteiger partial charge in [0.15, 0.2) is 5.13 Å². The van der Waals surface area contributed by atoms with Gasteiger partial charge in [0, 0.05) is 21.2 Å². The molecule has 4 aromatic rings. The maximum absolute atomic E-state index is 12.7. The molecule has 1 aliphatic rings. The smallest absolute Gasteiger partial charge is 0.315 e. The van der Waals surface area contributed by atoms with E-state index in [1.54, 1.807) is 12.3 Å². The first kappa shape index (κ1) is 19.0. The topological polar surface area (TPSA) is 97.0 Å². The monoisotopic (exact) mass is 438 g/mol. The second-order valence-corrected chi connectivity index (χ2v) is 8.87. The molecule has 0 aliphatic heterocycles. The van der Waals surface area contributed by atoms with Gasteiger partial charge in [-0.3, -0.25) is 14.9 Å². The molecule has 0 saturated carbocycles. The molecule has 0 unspecified atom stereocenters. The van der Waals surface area contributed by atoms with Crippen molar-refractivity contribution >= 4 is 50.6 Å². The number of H-pyrrole nitrogens is 1. The van der Waals surface area contributed by atoms with Crippen LogP contribution in [0.2, 0.25) is 0 Å². The number of thiazole rings is 2. The van der Waals surface area contributed by atoms with Crippen molar-refractivity contribution in [3.63, 3.8) is 0 Å². The van der Waals surface area contributed by atoms with Gasteiger partial charge in [0.2, 0.25) is 0 Å². The zero-order valence-corrected chi connectivity index (χ0v) is 17.7. The van der Waals surface area contributed by atoms with E-state index in [4.69, 9.17) is 4.74 Å². The van der Waals surface area contributed by atoms with Gasteiger partial charge in [0.1, 0.15) is 16.6 Å². The van der Waals surface area contributed by atoms with Crippen LogP contribution in [0.5, 0.6) is 0 Å². The highest BCUT2D eigenvalue weighted by Crippen LogP contribution is 2.39. The number of carbonyl (C=O) groups is 2. The third kappa shape index (κ3) is 3.40. The molecule has 0 fully saturated rings. The van der Waals surface area contributed by atoms with Crippen LogP contribution < -0.4 is 5.32 Å². The number of ether oxygens (including phenoxy) is 1. The quantitative estimate of drug-likeness (QED) is 0.444. The van der Waals surface area contributed by atoms with Crippen LogP contribution in [0.15, 0.2) is 35.7 Å². The lowest BCUT2D eigenvalue weighted by molar-refractivity contribution is -0.145. The molecule has 5 rings (SSSR count). The SMILES string of the molecule is CCOC(=O)[C@@H]1CCc2sc(NC(=O)c3csc(-c4cc5ccccc5[nH]4)n3)nc21. The molecule has 2 N–H and O–H groups in total. The van der Waals surface area contributed by atoms with Crippen LogP contribution in [0.1, 0.15) is 40.3 Å². The summed E-state index contributed by atoms with van der Waals surface area (Å²) in [4.78, 5) is 38.1. The third-order valence-corrected chi connectivity index (χ3v) is 6.93. The van der Waals surface area contributed by atoms with Crippen LogP contribution >= 0.6 is 22.7 Å². The third-order valence-electron chi connectivity index (χ3n) is 5.01. The number of aromatic nitrogens is 3. The molecule has 3 heterocycles. The summed E-state index contributed by atoms with van der Waals surface area (Å²) in [6, 6.07) is 10.0. The maximum atomic E-state index is 12.7. The number of aromatic amines is 1. The molecule has 0 spiro atoms. The van der Waals surface area contributed by atoms with Gasteiger partial charge >= 0.3 is 5.97 Å². The highest BCUT2D eigenvalue weighted by atomic mass is 32.1. The van der Waals surface area contributed by atoms with E-state index in [1.165, 1.54) is 22.7 Å². The number of nitrogens with one attached hydrogen (secondary N) is 2. The fourth-order valence-electron chi connectivity index (χ4n) is 3.60. The van der Waals surface area contributed by atoms with E-state index in [9.17, 15) is 9.59 Å². The van der Waals surface area contributed by atoms with Crippen LogP contribution in [0.4, 0.5) is 5.13 Å². The van der Waals surface area contributed by atoms with Gasteiger partial charge in [-0.05, 0) is 31.9 Å². The second-order valence-electron chi connectivity index (χ2n) is 6.93. The fraction of sp³-hybridized carbons (Fsp3) is 0.238. The van der Waals surface area contributed by atoms with Gasteiger partial charge in [0.25, 0.3) is 5.91 Å². The van der Waals surface area contributed by atoms with E-state index < -0.39 is 0 Å². The van der Waals surface area contributed by atoms with Gasteiger partial charge in [-0.1, -0.05) is 18.2 Å². The number of esters is 1. The van der Waals surface area contributed by atoms with E-state index in [-0.39, 0.29) is 17.8 Å². The maximum Gasteiger partial charge on any atom is 0.315 e. The molecular weight excluding hydrogens is 420 g/mol. The van der Waals surface area contributed by atoms with Gasteiger partial charge < -0.3 is 9.72 Å². The highest BCUT2D eigenvalue weighted by molar-refractivity contribution is 7.16. The first-order valence-corrected chi connectivity index (χ1v) is 11.3. The Kier molecular flexibility index (Phi) is 4.84. The second kappa shape index (κ2) is 7.66. The molecule has 9 heteroatoms. The Labute approximate surface area is 180 Å². The van der Waals surface area contributed by atoms with Crippen molar-refractivity contribution in [3.8, 4) is 10.7 Å². The molecule has 0 bridgehead atoms. The van der Waals surface area contributed by atoms with E-state index in [0.29, 0.717) is 23.9 Å². The highest BCUT2D eigenvalue weighted by Gasteiger charge is 2.34. The number of nitrogens with zero attached hydrogens (tertiary/aromatic N) is 2. The molecule has 7 nitrogen and oxygen atoms in total. The number of rotatable bonds is 5. The van der Waals surface area contributed by atoms with Gasteiger partial charge in [-0.15, -0.1) is 22.7 Å². The predicted octanol–water partition coefficient (Wildman–Crippen LogP) is 4.59. The molecule has 0 saturated heterocycles. The van der Waals surface area contributed by atoms with Crippen molar-refractivity contribution in [2.75, 3.05) is 11.9 Å². The fourth-order valence-corrected chi connectivity index (χ4v) is 5.41. The lowest BCUT2D eigenvalue weighted by Crippen LogP contribution is -2.15. The predicted molar refractivity (Wildman–Crippen MR) is 117 cm³/mol. The standard InChI is InChI=1S/C21H18N4O3S2/c1-2-28-20(27)12-7-8-16-17(12)24-21(30-16)25-18(26)15-10-29-19(23-15)14-9-11-5-3-4-6-13(11)22-14/h3-6,9-10,12,22H,2,7-8H2,1H3,(H,24,25,26)/t12-/m1/s1. The minimum absolute atomic E-state index is 0.248. The zero-order valence-electron chi connectivity index (χ0n) is 16.1. The summed E-state index contributed by atoms with van der Waals surface area (Å²) in [6.45, 7) is 2.14. The van der Waals surface area contributed by atoms with E-state index in [1.807, 2.05) is 30.3 Å². The minimum atomic E-state index is -0.338. The van der Waals surface area contributed by atoms with Crippen LogP contribution in [-0.4, -0.2) is 33.4 Å². The number of carbonyl (C=O) groups excluding carboxylic acids is 2. The molecule has 30 heavy (non-hydrogen) atoms. The molecule has 3 aromatic heterocycles. The Morgan fingerprint density at radius 2 is 2.17 bits per heavy atom. The van der Waals surface area contributed by atoms with Crippen molar-refractivity contribution in [1.29, 1.82) is 0 Å². The summed E-state index contributed by atoms with van der Waals surface area (Å²) in [6.07, 6.45) is 1.48. The number of aryl methyl sites for hydroxylation is 1. The number of benzene rings is 1. The Bertz CT molecular complexity index is 1220. The normalized spacial score (nSPS) is 15.3. The van der Waals surface area contributed by atoms with Gasteiger partial charge in [-0.2, -0.15) is 0 Å². The first-order chi connectivity index (χ1) is 14.6. The summed E-state index contributed by atoms with van der Waals surface area (Å²) in [7, 11) is 0. The van der Waals surface area contributed by atoms with E-state index >= 15 is 0 Å².